The molecule has 0 aromatic carbocycles. The molecule has 0 aromatic rings. The molecule has 12 nitrogen and oxygen atoms in total. The van der Waals surface area contributed by atoms with Crippen molar-refractivity contribution in [2.45, 2.75) is 136 Å². The Bertz CT molecular complexity index is 1050. The molecule has 3 N–H and O–H groups in total. The first kappa shape index (κ1) is 33.6. The summed E-state index contributed by atoms with van der Waals surface area (Å²) in [6.45, 7) is 13.4. The maximum Gasteiger partial charge on any atom is 0.326 e. The number of ether oxygens (including phenoxy) is 3. The van der Waals surface area contributed by atoms with Crippen molar-refractivity contribution in [2.75, 3.05) is 0 Å². The quantitative estimate of drug-likeness (QED) is 0.220. The van der Waals surface area contributed by atoms with Crippen LogP contribution >= 0.6 is 0 Å². The van der Waals surface area contributed by atoms with Crippen LogP contribution in [0, 0.1) is 35.5 Å². The van der Waals surface area contributed by atoms with E-state index in [9.17, 15) is 24.3 Å². The van der Waals surface area contributed by atoms with E-state index >= 15 is 0 Å². The van der Waals surface area contributed by atoms with Gasteiger partial charge < -0.3 is 30.0 Å². The highest BCUT2D eigenvalue weighted by molar-refractivity contribution is 5.91. The molecule has 5 aliphatic rings. The SMILES string of the molecule is CC[C@H](C)[C@H](NC(=O)[C@H](CC(C)C)NC(=O)CCC(=O)O[C@@H]1O[C@H]2O[C@@]3(C)CC[C@H]4[C@H](C)CC[C@@H]([C@@H]1C)[C@@]24OO3)C(=O)O. The highest BCUT2D eigenvalue weighted by Gasteiger charge is 2.69. The van der Waals surface area contributed by atoms with Crippen molar-refractivity contribution in [3.8, 4) is 0 Å². The Labute approximate surface area is 254 Å². The van der Waals surface area contributed by atoms with Crippen molar-refractivity contribution in [3.05, 3.63) is 0 Å². The molecule has 4 saturated heterocycles. The number of carbonyl (C=O) groups excluding carboxylic acids is 3. The normalized spacial score (nSPS) is 36.9. The van der Waals surface area contributed by atoms with Crippen molar-refractivity contribution in [3.63, 3.8) is 0 Å². The Morgan fingerprint density at radius 2 is 1.72 bits per heavy atom. The zero-order chi connectivity index (χ0) is 31.7. The van der Waals surface area contributed by atoms with E-state index in [0.717, 1.165) is 19.3 Å². The van der Waals surface area contributed by atoms with E-state index in [1.54, 1.807) is 6.92 Å². The van der Waals surface area contributed by atoms with Crippen molar-refractivity contribution in [1.29, 1.82) is 0 Å². The number of aliphatic carboxylic acids is 1. The minimum Gasteiger partial charge on any atom is -0.480 e. The van der Waals surface area contributed by atoms with Crippen molar-refractivity contribution in [1.82, 2.24) is 10.6 Å². The molecular weight excluding hydrogens is 560 g/mol. The van der Waals surface area contributed by atoms with E-state index in [2.05, 4.69) is 17.6 Å². The summed E-state index contributed by atoms with van der Waals surface area (Å²) in [7, 11) is 0. The monoisotopic (exact) mass is 610 g/mol. The topological polar surface area (TPSA) is 159 Å². The fraction of sp³-hybridized carbons (Fsp3) is 0.871. The minimum atomic E-state index is -1.13. The van der Waals surface area contributed by atoms with Gasteiger partial charge in [0.2, 0.25) is 23.9 Å². The maximum absolute atomic E-state index is 13.0. The van der Waals surface area contributed by atoms with Crippen LogP contribution in [0.1, 0.15) is 99.8 Å². The van der Waals surface area contributed by atoms with Crippen LogP contribution in [0.2, 0.25) is 0 Å². The fourth-order valence-electron chi connectivity index (χ4n) is 7.32. The van der Waals surface area contributed by atoms with Crippen LogP contribution in [0.25, 0.3) is 0 Å². The Hall–Kier alpha value is -2.28. The highest BCUT2D eigenvalue weighted by atomic mass is 17.3. The summed E-state index contributed by atoms with van der Waals surface area (Å²) in [5.74, 6) is -3.55. The van der Waals surface area contributed by atoms with Gasteiger partial charge in [-0.15, -0.1) is 0 Å². The number of carbonyl (C=O) groups is 4. The van der Waals surface area contributed by atoms with Gasteiger partial charge in [-0.3, -0.25) is 14.4 Å². The molecular formula is C31H50N2O10. The van der Waals surface area contributed by atoms with Crippen molar-refractivity contribution >= 4 is 23.8 Å². The molecule has 1 aliphatic carbocycles. The van der Waals surface area contributed by atoms with E-state index in [4.69, 9.17) is 24.0 Å². The molecule has 43 heavy (non-hydrogen) atoms. The van der Waals surface area contributed by atoms with E-state index in [1.165, 1.54) is 0 Å². The first-order chi connectivity index (χ1) is 20.2. The lowest BCUT2D eigenvalue weighted by atomic mass is 9.58. The van der Waals surface area contributed by atoms with Crippen LogP contribution in [-0.4, -0.2) is 64.9 Å². The Balaban J connectivity index is 1.35. The first-order valence-electron chi connectivity index (χ1n) is 15.9. The van der Waals surface area contributed by atoms with Crippen LogP contribution in [0.4, 0.5) is 0 Å². The summed E-state index contributed by atoms with van der Waals surface area (Å²) < 4.78 is 18.4. The van der Waals surface area contributed by atoms with E-state index < -0.39 is 59.8 Å². The van der Waals surface area contributed by atoms with Crippen LogP contribution in [0.15, 0.2) is 0 Å². The predicted molar refractivity (Wildman–Crippen MR) is 153 cm³/mol. The van der Waals surface area contributed by atoms with Crippen LogP contribution in [0.3, 0.4) is 0 Å². The lowest BCUT2D eigenvalue weighted by Crippen LogP contribution is -2.70. The smallest absolute Gasteiger partial charge is 0.326 e. The number of carboxylic acids is 1. The molecule has 4 aliphatic heterocycles. The van der Waals surface area contributed by atoms with Gasteiger partial charge in [-0.1, -0.05) is 48.0 Å². The lowest BCUT2D eigenvalue weighted by molar-refractivity contribution is -0.576. The zero-order valence-corrected chi connectivity index (χ0v) is 26.6. The summed E-state index contributed by atoms with van der Waals surface area (Å²) >= 11 is 0. The third-order valence-electron chi connectivity index (χ3n) is 10.0. The van der Waals surface area contributed by atoms with Gasteiger partial charge >= 0.3 is 11.9 Å². The Morgan fingerprint density at radius 1 is 1.00 bits per heavy atom. The zero-order valence-electron chi connectivity index (χ0n) is 26.6. The molecule has 0 aromatic heterocycles. The molecule has 0 radical (unpaired) electrons. The summed E-state index contributed by atoms with van der Waals surface area (Å²) in [5, 5.41) is 14.8. The minimum absolute atomic E-state index is 0.00319. The summed E-state index contributed by atoms with van der Waals surface area (Å²) in [5.41, 5.74) is -0.767. The van der Waals surface area contributed by atoms with Crippen LogP contribution in [0.5, 0.6) is 0 Å². The molecule has 1 spiro atoms. The van der Waals surface area contributed by atoms with Crippen LogP contribution in [-0.2, 0) is 43.2 Å². The number of hydrogen-bond acceptors (Lipinski definition) is 9. The second-order valence-corrected chi connectivity index (χ2v) is 13.7. The predicted octanol–water partition coefficient (Wildman–Crippen LogP) is 3.66. The molecule has 1 saturated carbocycles. The number of carboxylic acid groups (broad SMARTS) is 1. The molecule has 2 bridgehead atoms. The summed E-state index contributed by atoms with van der Waals surface area (Å²) in [4.78, 5) is 62.4. The Kier molecular flexibility index (Phi) is 10.5. The standard InChI is InChI=1S/C31H50N2O10/c1-8-17(4)25(27(37)38)33-26(36)22(15-16(2)3)32-23(34)11-12-24(35)39-28-19(6)21-10-9-18(5)20-13-14-30(7)41-29(40-28)31(20,21)43-42-30/h16-22,25,28-29H,8-15H2,1-7H3,(H,32,34)(H,33,36)(H,37,38)/t17-,18+,19-,20-,21-,22-,25-,28+,29-,30+,31+/m0/s1. The molecule has 12 heteroatoms. The first-order valence-corrected chi connectivity index (χ1v) is 15.9. The second kappa shape index (κ2) is 13.4. The molecule has 244 valence electrons. The number of fused-ring (bicyclic) bond motifs is 2. The van der Waals surface area contributed by atoms with Gasteiger partial charge in [0.05, 0.1) is 6.42 Å². The van der Waals surface area contributed by atoms with Gasteiger partial charge in [-0.05, 0) is 56.3 Å². The number of esters is 1. The third-order valence-corrected chi connectivity index (χ3v) is 10.0. The third kappa shape index (κ3) is 7.02. The van der Waals surface area contributed by atoms with Gasteiger partial charge in [0.15, 0.2) is 11.9 Å². The average molecular weight is 611 g/mol. The maximum atomic E-state index is 13.0. The molecule has 5 rings (SSSR count). The largest absolute Gasteiger partial charge is 0.480 e. The molecule has 0 unspecified atom stereocenters. The summed E-state index contributed by atoms with van der Waals surface area (Å²) in [6, 6.07) is -1.99. The number of hydrogen-bond donors (Lipinski definition) is 3. The lowest BCUT2D eigenvalue weighted by Gasteiger charge is -2.59. The van der Waals surface area contributed by atoms with Crippen LogP contribution < -0.4 is 10.6 Å². The van der Waals surface area contributed by atoms with Crippen molar-refractivity contribution in [2.24, 2.45) is 35.5 Å². The van der Waals surface area contributed by atoms with E-state index in [1.807, 2.05) is 34.6 Å². The number of rotatable bonds is 12. The molecule has 4 heterocycles. The van der Waals surface area contributed by atoms with E-state index in [0.29, 0.717) is 25.2 Å². The highest BCUT2D eigenvalue weighted by Crippen LogP contribution is 2.60. The average Bonchev–Trinajstić information content (AvgIpc) is 3.17. The molecule has 11 atom stereocenters. The van der Waals surface area contributed by atoms with Gasteiger partial charge in [0, 0.05) is 24.7 Å². The van der Waals surface area contributed by atoms with E-state index in [-0.39, 0.29) is 42.4 Å². The fourth-order valence-corrected chi connectivity index (χ4v) is 7.32. The Morgan fingerprint density at radius 3 is 2.37 bits per heavy atom. The molecule has 2 amide bonds. The molecule has 5 fully saturated rings. The second-order valence-electron chi connectivity index (χ2n) is 13.7. The van der Waals surface area contributed by atoms with Gasteiger partial charge in [-0.25, -0.2) is 14.6 Å². The number of nitrogens with one attached hydrogen (secondary N) is 2. The van der Waals surface area contributed by atoms with Crippen molar-refractivity contribution < 1.29 is 48.3 Å². The number of amides is 2. The van der Waals surface area contributed by atoms with Gasteiger partial charge in [0.1, 0.15) is 12.1 Å². The summed E-state index contributed by atoms with van der Waals surface area (Å²) in [6.07, 6.45) is 2.31. The van der Waals surface area contributed by atoms with Gasteiger partial charge in [0.25, 0.3) is 0 Å². The van der Waals surface area contributed by atoms with Gasteiger partial charge in [-0.2, -0.15) is 0 Å².